The highest BCUT2D eigenvalue weighted by Crippen LogP contribution is 2.27. The lowest BCUT2D eigenvalue weighted by Gasteiger charge is -2.06. The van der Waals surface area contributed by atoms with Gasteiger partial charge in [0.2, 0.25) is 0 Å². The number of benzene rings is 2. The van der Waals surface area contributed by atoms with Gasteiger partial charge < -0.3 is 14.3 Å². The second-order valence-electron chi connectivity index (χ2n) is 4.45. The molecule has 0 unspecified atom stereocenters. The van der Waals surface area contributed by atoms with Crippen molar-refractivity contribution in [3.63, 3.8) is 0 Å². The van der Waals surface area contributed by atoms with Crippen molar-refractivity contribution in [3.05, 3.63) is 46.8 Å². The van der Waals surface area contributed by atoms with Crippen molar-refractivity contribution in [3.8, 4) is 5.75 Å². The van der Waals surface area contributed by atoms with Crippen molar-refractivity contribution < 1.29 is 19.1 Å². The molecule has 0 radical (unpaired) electrons. The molecule has 1 amide bonds. The monoisotopic (exact) mass is 285 g/mol. The topological polar surface area (TPSA) is 88.8 Å². The molecule has 0 saturated heterocycles. The number of ether oxygens (including phenoxy) is 1. The lowest BCUT2D eigenvalue weighted by molar-refractivity contribution is 0.187. The zero-order valence-electron chi connectivity index (χ0n) is 11.0. The number of phenolic OH excluding ortho intramolecular Hbond substituents is 1. The molecule has 2 N–H and O–H groups in total. The first-order valence-corrected chi connectivity index (χ1v) is 6.13. The summed E-state index contributed by atoms with van der Waals surface area (Å²) >= 11 is 0. The molecule has 0 fully saturated rings. The Balaban J connectivity index is 2.25. The summed E-state index contributed by atoms with van der Waals surface area (Å²) in [4.78, 5) is 23.2. The number of hydrogen-bond acceptors (Lipinski definition) is 5. The summed E-state index contributed by atoms with van der Waals surface area (Å²) in [5, 5.41) is 13.6. The van der Waals surface area contributed by atoms with Gasteiger partial charge in [-0.05, 0) is 24.3 Å². The van der Waals surface area contributed by atoms with Crippen LogP contribution >= 0.6 is 0 Å². The molecule has 21 heavy (non-hydrogen) atoms. The zero-order chi connectivity index (χ0) is 15.0. The second kappa shape index (κ2) is 4.82. The van der Waals surface area contributed by atoms with Crippen LogP contribution in [0.4, 0.5) is 10.5 Å². The van der Waals surface area contributed by atoms with Crippen LogP contribution in [0.15, 0.2) is 45.6 Å². The highest BCUT2D eigenvalue weighted by atomic mass is 16.5. The minimum Gasteiger partial charge on any atom is -0.508 e. The Bertz CT molecular complexity index is 913. The van der Waals surface area contributed by atoms with Crippen LogP contribution in [0.3, 0.4) is 0 Å². The molecule has 3 rings (SSSR count). The Hall–Kier alpha value is -3.02. The van der Waals surface area contributed by atoms with E-state index in [2.05, 4.69) is 10.1 Å². The number of hydrogen-bond donors (Lipinski definition) is 2. The fourth-order valence-corrected chi connectivity index (χ4v) is 2.17. The third-order valence-corrected chi connectivity index (χ3v) is 3.13. The van der Waals surface area contributed by atoms with Gasteiger partial charge in [-0.25, -0.2) is 9.59 Å². The van der Waals surface area contributed by atoms with E-state index in [9.17, 15) is 14.7 Å². The van der Waals surface area contributed by atoms with Crippen molar-refractivity contribution >= 4 is 33.5 Å². The molecule has 0 atom stereocenters. The van der Waals surface area contributed by atoms with Gasteiger partial charge in [-0.3, -0.25) is 5.32 Å². The first kappa shape index (κ1) is 13.0. The Morgan fingerprint density at radius 1 is 1.14 bits per heavy atom. The fraction of sp³-hybridized carbons (Fsp3) is 0.0667. The van der Waals surface area contributed by atoms with E-state index in [0.29, 0.717) is 27.4 Å². The van der Waals surface area contributed by atoms with Crippen molar-refractivity contribution in [1.82, 2.24) is 0 Å². The number of methoxy groups -OCH3 is 1. The van der Waals surface area contributed by atoms with Gasteiger partial charge in [0.15, 0.2) is 0 Å². The first-order valence-electron chi connectivity index (χ1n) is 6.13. The smallest absolute Gasteiger partial charge is 0.411 e. The molecular weight excluding hydrogens is 274 g/mol. The van der Waals surface area contributed by atoms with E-state index in [-0.39, 0.29) is 5.75 Å². The number of rotatable bonds is 1. The summed E-state index contributed by atoms with van der Waals surface area (Å²) in [6.45, 7) is 0. The van der Waals surface area contributed by atoms with Crippen molar-refractivity contribution in [2.24, 2.45) is 0 Å². The molecular formula is C15H11NO5. The van der Waals surface area contributed by atoms with Gasteiger partial charge in [-0.15, -0.1) is 0 Å². The Morgan fingerprint density at radius 3 is 2.67 bits per heavy atom. The average Bonchev–Trinajstić information content (AvgIpc) is 2.47. The third-order valence-electron chi connectivity index (χ3n) is 3.13. The predicted molar refractivity (Wildman–Crippen MR) is 77.7 cm³/mol. The van der Waals surface area contributed by atoms with E-state index in [1.165, 1.54) is 25.3 Å². The lowest BCUT2D eigenvalue weighted by Crippen LogP contribution is -2.11. The summed E-state index contributed by atoms with van der Waals surface area (Å²) in [5.41, 5.74) is 0.192. The summed E-state index contributed by atoms with van der Waals surface area (Å²) in [7, 11) is 1.25. The van der Waals surface area contributed by atoms with Gasteiger partial charge in [-0.2, -0.15) is 0 Å². The zero-order valence-corrected chi connectivity index (χ0v) is 11.0. The number of amides is 1. The molecule has 6 heteroatoms. The van der Waals surface area contributed by atoms with Gasteiger partial charge in [0.1, 0.15) is 11.3 Å². The van der Waals surface area contributed by atoms with Crippen molar-refractivity contribution in [1.29, 1.82) is 0 Å². The fourth-order valence-electron chi connectivity index (χ4n) is 2.17. The third kappa shape index (κ3) is 2.27. The molecule has 0 aliphatic heterocycles. The second-order valence-corrected chi connectivity index (χ2v) is 4.45. The van der Waals surface area contributed by atoms with E-state index in [0.717, 1.165) is 0 Å². The Morgan fingerprint density at radius 2 is 1.90 bits per heavy atom. The van der Waals surface area contributed by atoms with E-state index in [1.807, 2.05) is 0 Å². The van der Waals surface area contributed by atoms with Crippen LogP contribution in [-0.2, 0) is 4.74 Å². The molecule has 0 spiro atoms. The van der Waals surface area contributed by atoms with Gasteiger partial charge in [-0.1, -0.05) is 6.07 Å². The number of fused-ring (bicyclic) bond motifs is 3. The Kier molecular flexibility index (Phi) is 2.98. The van der Waals surface area contributed by atoms with E-state index in [1.54, 1.807) is 18.2 Å². The molecule has 0 saturated carbocycles. The SMILES string of the molecule is COC(=O)Nc1ccc2c(c1)c(=O)oc1cc(O)ccc12. The first-order chi connectivity index (χ1) is 10.1. The minimum atomic E-state index is -0.621. The van der Waals surface area contributed by atoms with Gasteiger partial charge in [0.05, 0.1) is 12.5 Å². The maximum absolute atomic E-state index is 12.0. The van der Waals surface area contributed by atoms with Crippen LogP contribution in [0.1, 0.15) is 0 Å². The summed E-state index contributed by atoms with van der Waals surface area (Å²) < 4.78 is 9.68. The number of aromatic hydroxyl groups is 1. The van der Waals surface area contributed by atoms with E-state index >= 15 is 0 Å². The van der Waals surface area contributed by atoms with Crippen molar-refractivity contribution in [2.45, 2.75) is 0 Å². The molecule has 106 valence electrons. The number of nitrogens with one attached hydrogen (secondary N) is 1. The molecule has 2 aromatic carbocycles. The van der Waals surface area contributed by atoms with Gasteiger partial charge >= 0.3 is 11.7 Å². The maximum atomic E-state index is 12.0. The van der Waals surface area contributed by atoms with E-state index < -0.39 is 11.7 Å². The number of anilines is 1. The number of phenols is 1. The molecule has 1 heterocycles. The van der Waals surface area contributed by atoms with Crippen LogP contribution in [-0.4, -0.2) is 18.3 Å². The lowest BCUT2D eigenvalue weighted by atomic mass is 10.1. The molecule has 3 aromatic rings. The van der Waals surface area contributed by atoms with Crippen LogP contribution < -0.4 is 10.9 Å². The van der Waals surface area contributed by atoms with Gasteiger partial charge in [0.25, 0.3) is 0 Å². The molecule has 0 bridgehead atoms. The van der Waals surface area contributed by atoms with Crippen LogP contribution in [0.25, 0.3) is 21.7 Å². The maximum Gasteiger partial charge on any atom is 0.411 e. The van der Waals surface area contributed by atoms with Crippen LogP contribution in [0.2, 0.25) is 0 Å². The Labute approximate surface area is 118 Å². The molecule has 0 aliphatic rings. The summed E-state index contributed by atoms with van der Waals surface area (Å²) in [6, 6.07) is 9.45. The molecule has 6 nitrogen and oxygen atoms in total. The number of carbonyl (C=O) groups is 1. The number of carbonyl (C=O) groups excluding carboxylic acids is 1. The predicted octanol–water partition coefficient (Wildman–Crippen LogP) is 2.83. The van der Waals surface area contributed by atoms with Gasteiger partial charge in [0, 0.05) is 22.5 Å². The average molecular weight is 285 g/mol. The summed E-state index contributed by atoms with van der Waals surface area (Å²) in [6.07, 6.45) is -0.621. The highest BCUT2D eigenvalue weighted by molar-refractivity contribution is 6.06. The normalized spacial score (nSPS) is 10.7. The summed E-state index contributed by atoms with van der Waals surface area (Å²) in [5.74, 6) is 0.0222. The molecule has 0 aliphatic carbocycles. The quantitative estimate of drug-likeness (QED) is 0.530. The molecule has 1 aromatic heterocycles. The van der Waals surface area contributed by atoms with E-state index in [4.69, 9.17) is 4.42 Å². The standard InChI is InChI=1S/C15H11NO5/c1-20-15(19)16-8-2-4-10-11-5-3-9(17)7-13(11)21-14(18)12(10)6-8/h2-7,17H,1H3,(H,16,19). The largest absolute Gasteiger partial charge is 0.508 e. The van der Waals surface area contributed by atoms with Crippen LogP contribution in [0, 0.1) is 0 Å². The highest BCUT2D eigenvalue weighted by Gasteiger charge is 2.10. The van der Waals surface area contributed by atoms with Crippen molar-refractivity contribution in [2.75, 3.05) is 12.4 Å². The van der Waals surface area contributed by atoms with Crippen LogP contribution in [0.5, 0.6) is 5.75 Å². The minimum absolute atomic E-state index is 0.0222.